The van der Waals surface area contributed by atoms with Crippen LogP contribution < -0.4 is 0 Å². The Morgan fingerprint density at radius 2 is 1.43 bits per heavy atom. The number of hydrogen-bond acceptors (Lipinski definition) is 1. The van der Waals surface area contributed by atoms with E-state index in [1.54, 1.807) is 13.0 Å². The summed E-state index contributed by atoms with van der Waals surface area (Å²) in [5.74, 6) is 1.87. The summed E-state index contributed by atoms with van der Waals surface area (Å²) in [5.41, 5.74) is 1.01. The van der Waals surface area contributed by atoms with E-state index in [9.17, 15) is 8.78 Å². The summed E-state index contributed by atoms with van der Waals surface area (Å²) in [6.45, 7) is 4.62. The van der Waals surface area contributed by atoms with Crippen molar-refractivity contribution in [3.05, 3.63) is 47.0 Å². The fourth-order valence-electron chi connectivity index (χ4n) is 6.45. The Kier molecular flexibility index (Phi) is 7.28. The van der Waals surface area contributed by atoms with Gasteiger partial charge in [0.25, 0.3) is 0 Å². The third-order valence-corrected chi connectivity index (χ3v) is 8.34. The highest BCUT2D eigenvalue weighted by molar-refractivity contribution is 5.28. The molecule has 0 aromatic heterocycles. The van der Waals surface area contributed by atoms with Gasteiger partial charge in [0, 0.05) is 5.92 Å². The quantitative estimate of drug-likeness (QED) is 0.456. The van der Waals surface area contributed by atoms with Crippen LogP contribution in [0.4, 0.5) is 8.78 Å². The Morgan fingerprint density at radius 1 is 0.800 bits per heavy atom. The van der Waals surface area contributed by atoms with Crippen molar-refractivity contribution in [2.24, 2.45) is 23.7 Å². The van der Waals surface area contributed by atoms with Crippen LogP contribution in [0.15, 0.2) is 24.3 Å². The van der Waals surface area contributed by atoms with Crippen molar-refractivity contribution in [2.45, 2.75) is 90.1 Å². The number of hydrogen-bond donors (Lipinski definition) is 0. The van der Waals surface area contributed by atoms with Crippen molar-refractivity contribution in [3.8, 4) is 0 Å². The lowest BCUT2D eigenvalue weighted by Gasteiger charge is -2.41. The lowest BCUT2D eigenvalue weighted by atomic mass is 9.67. The normalized spacial score (nSPS) is 35.6. The van der Waals surface area contributed by atoms with Crippen LogP contribution >= 0.6 is 0 Å². The van der Waals surface area contributed by atoms with Gasteiger partial charge in [0.1, 0.15) is 0 Å². The molecule has 2 aliphatic carbocycles. The summed E-state index contributed by atoms with van der Waals surface area (Å²) >= 11 is 0. The van der Waals surface area contributed by atoms with Crippen LogP contribution in [0.5, 0.6) is 0 Å². The molecule has 3 fully saturated rings. The maximum Gasteiger partial charge on any atom is 0.162 e. The van der Waals surface area contributed by atoms with Gasteiger partial charge < -0.3 is 4.74 Å². The van der Waals surface area contributed by atoms with E-state index < -0.39 is 11.6 Å². The molecule has 1 aromatic rings. The van der Waals surface area contributed by atoms with E-state index >= 15 is 0 Å². The van der Waals surface area contributed by atoms with Crippen molar-refractivity contribution in [3.63, 3.8) is 0 Å². The maximum atomic E-state index is 14.4. The third-order valence-electron chi connectivity index (χ3n) is 8.34. The molecule has 1 saturated heterocycles. The minimum atomic E-state index is -0.657. The van der Waals surface area contributed by atoms with Gasteiger partial charge in [0.05, 0.1) is 12.7 Å². The molecule has 0 bridgehead atoms. The van der Waals surface area contributed by atoms with Gasteiger partial charge in [-0.05, 0) is 113 Å². The summed E-state index contributed by atoms with van der Waals surface area (Å²) < 4.78 is 34.6. The van der Waals surface area contributed by atoms with E-state index in [0.29, 0.717) is 23.1 Å². The Balaban J connectivity index is 1.24. The molecule has 1 heterocycles. The van der Waals surface area contributed by atoms with Crippen LogP contribution in [-0.4, -0.2) is 12.7 Å². The lowest BCUT2D eigenvalue weighted by Crippen LogP contribution is -2.35. The van der Waals surface area contributed by atoms with Gasteiger partial charge >= 0.3 is 0 Å². The molecule has 0 radical (unpaired) electrons. The number of halogens is 2. The van der Waals surface area contributed by atoms with Gasteiger partial charge in [-0.1, -0.05) is 24.3 Å². The Morgan fingerprint density at radius 3 is 2.03 bits per heavy atom. The molecule has 0 spiro atoms. The molecule has 1 unspecified atom stereocenters. The summed E-state index contributed by atoms with van der Waals surface area (Å²) in [7, 11) is 0. The Labute approximate surface area is 181 Å². The van der Waals surface area contributed by atoms with Crippen LogP contribution in [-0.2, 0) is 4.74 Å². The van der Waals surface area contributed by atoms with E-state index in [0.717, 1.165) is 37.2 Å². The van der Waals surface area contributed by atoms with Crippen molar-refractivity contribution in [1.29, 1.82) is 0 Å². The first-order valence-electron chi connectivity index (χ1n) is 12.3. The second-order valence-corrected chi connectivity index (χ2v) is 10.1. The van der Waals surface area contributed by atoms with Gasteiger partial charge in [-0.25, -0.2) is 8.78 Å². The van der Waals surface area contributed by atoms with Gasteiger partial charge in [-0.15, -0.1) is 0 Å². The SMILES string of the molecule is C/C=C/C1CC[C@@H](C2CCC(C3CCC(c4ccc(C)c(F)c4F)CC3)CC2)OC1. The van der Waals surface area contributed by atoms with Crippen LogP contribution in [0.3, 0.4) is 0 Å². The highest BCUT2D eigenvalue weighted by atomic mass is 19.2. The number of allylic oxidation sites excluding steroid dienone is 1. The Hall–Kier alpha value is -1.22. The fourth-order valence-corrected chi connectivity index (χ4v) is 6.45. The molecule has 30 heavy (non-hydrogen) atoms. The molecule has 1 aliphatic heterocycles. The summed E-state index contributed by atoms with van der Waals surface area (Å²) in [4.78, 5) is 0. The molecular weight excluding hydrogens is 378 g/mol. The largest absolute Gasteiger partial charge is 0.377 e. The first-order valence-corrected chi connectivity index (χ1v) is 12.3. The maximum absolute atomic E-state index is 14.4. The molecule has 166 valence electrons. The summed E-state index contributed by atoms with van der Waals surface area (Å²) in [5, 5.41) is 0. The topological polar surface area (TPSA) is 9.23 Å². The molecule has 3 aliphatic rings. The highest BCUT2D eigenvalue weighted by Crippen LogP contribution is 2.45. The molecule has 3 heteroatoms. The van der Waals surface area contributed by atoms with Crippen LogP contribution in [0, 0.1) is 42.2 Å². The molecule has 2 atom stereocenters. The van der Waals surface area contributed by atoms with E-state index in [2.05, 4.69) is 19.1 Å². The first-order chi connectivity index (χ1) is 14.6. The Bertz CT molecular complexity index is 719. The highest BCUT2D eigenvalue weighted by Gasteiger charge is 2.35. The number of ether oxygens (including phenoxy) is 1. The summed E-state index contributed by atoms with van der Waals surface area (Å²) in [6, 6.07) is 3.55. The van der Waals surface area contributed by atoms with Crippen molar-refractivity contribution in [2.75, 3.05) is 6.61 Å². The van der Waals surface area contributed by atoms with Gasteiger partial charge in [-0.2, -0.15) is 0 Å². The smallest absolute Gasteiger partial charge is 0.162 e. The molecule has 1 aromatic carbocycles. The molecule has 0 N–H and O–H groups in total. The average Bonchev–Trinajstić information content (AvgIpc) is 2.79. The van der Waals surface area contributed by atoms with Crippen LogP contribution in [0.25, 0.3) is 0 Å². The monoisotopic (exact) mass is 416 g/mol. The minimum absolute atomic E-state index is 0.188. The number of benzene rings is 1. The van der Waals surface area contributed by atoms with E-state index in [4.69, 9.17) is 4.74 Å². The zero-order valence-corrected chi connectivity index (χ0v) is 18.7. The van der Waals surface area contributed by atoms with Crippen molar-refractivity contribution in [1.82, 2.24) is 0 Å². The number of aryl methyl sites for hydroxylation is 1. The standard InChI is InChI=1S/C27H38F2O/c1-3-4-19-6-16-25(30-17-19)23-13-9-21(10-14-23)20-7-11-22(12-8-20)24-15-5-18(2)26(28)27(24)29/h3-5,15,19-23,25H,6-14,16-17H2,1-2H3/b4-3+/t19?,20?,21?,22?,23?,25-/m0/s1. The minimum Gasteiger partial charge on any atom is -0.377 e. The predicted octanol–water partition coefficient (Wildman–Crippen LogP) is 7.72. The number of rotatable bonds is 4. The lowest BCUT2D eigenvalue weighted by molar-refractivity contribution is -0.0518. The van der Waals surface area contributed by atoms with Gasteiger partial charge in [0.15, 0.2) is 11.6 Å². The van der Waals surface area contributed by atoms with Gasteiger partial charge in [-0.3, -0.25) is 0 Å². The predicted molar refractivity (Wildman–Crippen MR) is 119 cm³/mol. The second kappa shape index (κ2) is 9.94. The molecule has 4 rings (SSSR count). The van der Waals surface area contributed by atoms with Gasteiger partial charge in [0.2, 0.25) is 0 Å². The average molecular weight is 417 g/mol. The van der Waals surface area contributed by atoms with E-state index in [-0.39, 0.29) is 5.92 Å². The molecule has 2 saturated carbocycles. The first kappa shape index (κ1) is 22.0. The van der Waals surface area contributed by atoms with E-state index in [1.807, 2.05) is 6.07 Å². The molecular formula is C27H38F2O. The van der Waals surface area contributed by atoms with E-state index in [1.165, 1.54) is 51.4 Å². The third kappa shape index (κ3) is 4.82. The van der Waals surface area contributed by atoms with Crippen LogP contribution in [0.1, 0.15) is 88.2 Å². The fraction of sp³-hybridized carbons (Fsp3) is 0.704. The van der Waals surface area contributed by atoms with Crippen molar-refractivity contribution >= 4 is 0 Å². The second-order valence-electron chi connectivity index (χ2n) is 10.1. The van der Waals surface area contributed by atoms with Crippen LogP contribution in [0.2, 0.25) is 0 Å². The zero-order valence-electron chi connectivity index (χ0n) is 18.7. The summed E-state index contributed by atoms with van der Waals surface area (Å²) in [6.07, 6.45) is 17.0. The zero-order chi connectivity index (χ0) is 21.1. The van der Waals surface area contributed by atoms with Crippen molar-refractivity contribution < 1.29 is 13.5 Å². The molecule has 1 nitrogen and oxygen atoms in total. The molecule has 0 amide bonds.